The minimum Gasteiger partial charge on any atom is -0.356 e. The standard InChI is InChI=1S/C21H21FN2O2/c22-16-11-9-15(10-12-16)21(14-5-1-2-6-14)23-20(25)13-18-17-7-3-4-8-19(17)26-24-18/h3-4,7-12,14,21H,1-2,5-6,13H2,(H,23,25)/t21-/m0/s1. The molecule has 4 nitrogen and oxygen atoms in total. The molecule has 1 atom stereocenters. The number of hydrogen-bond donors (Lipinski definition) is 1. The molecule has 5 heteroatoms. The number of rotatable bonds is 5. The number of halogens is 1. The molecule has 3 aromatic rings. The van der Waals surface area contributed by atoms with E-state index in [9.17, 15) is 9.18 Å². The second-order valence-electron chi connectivity index (χ2n) is 6.94. The van der Waals surface area contributed by atoms with Crippen LogP contribution in [0.15, 0.2) is 53.1 Å². The highest BCUT2D eigenvalue weighted by Crippen LogP contribution is 2.36. The van der Waals surface area contributed by atoms with Gasteiger partial charge < -0.3 is 9.84 Å². The van der Waals surface area contributed by atoms with Gasteiger partial charge in [0.15, 0.2) is 5.58 Å². The van der Waals surface area contributed by atoms with Gasteiger partial charge >= 0.3 is 0 Å². The molecule has 1 aliphatic carbocycles. The fraction of sp³-hybridized carbons (Fsp3) is 0.333. The third-order valence-corrected chi connectivity index (χ3v) is 5.20. The first kappa shape index (κ1) is 16.8. The van der Waals surface area contributed by atoms with Gasteiger partial charge in [0.25, 0.3) is 0 Å². The zero-order valence-corrected chi connectivity index (χ0v) is 14.5. The molecule has 4 rings (SSSR count). The summed E-state index contributed by atoms with van der Waals surface area (Å²) in [6.07, 6.45) is 4.67. The first-order valence-electron chi connectivity index (χ1n) is 9.09. The normalized spacial score (nSPS) is 16.0. The number of aromatic nitrogens is 1. The van der Waals surface area contributed by atoms with Crippen molar-refractivity contribution in [3.63, 3.8) is 0 Å². The summed E-state index contributed by atoms with van der Waals surface area (Å²) in [5.41, 5.74) is 2.28. The van der Waals surface area contributed by atoms with Crippen LogP contribution >= 0.6 is 0 Å². The number of carbonyl (C=O) groups is 1. The van der Waals surface area contributed by atoms with Gasteiger partial charge in [0, 0.05) is 5.39 Å². The molecule has 0 bridgehead atoms. The molecule has 1 aliphatic rings. The van der Waals surface area contributed by atoms with E-state index in [1.807, 2.05) is 24.3 Å². The van der Waals surface area contributed by atoms with Crippen molar-refractivity contribution in [1.82, 2.24) is 10.5 Å². The van der Waals surface area contributed by atoms with Crippen molar-refractivity contribution in [2.75, 3.05) is 0 Å². The van der Waals surface area contributed by atoms with Gasteiger partial charge in [-0.25, -0.2) is 4.39 Å². The summed E-state index contributed by atoms with van der Waals surface area (Å²) in [6, 6.07) is 13.9. The predicted molar refractivity (Wildman–Crippen MR) is 97.0 cm³/mol. The second-order valence-corrected chi connectivity index (χ2v) is 6.94. The van der Waals surface area contributed by atoms with Gasteiger partial charge in [-0.15, -0.1) is 0 Å². The van der Waals surface area contributed by atoms with Gasteiger partial charge in [-0.1, -0.05) is 42.3 Å². The number of carbonyl (C=O) groups excluding carboxylic acids is 1. The summed E-state index contributed by atoms with van der Waals surface area (Å²) in [4.78, 5) is 12.7. The molecule has 1 saturated carbocycles. The Morgan fingerprint density at radius 3 is 2.65 bits per heavy atom. The molecule has 26 heavy (non-hydrogen) atoms. The molecule has 1 N–H and O–H groups in total. The van der Waals surface area contributed by atoms with Gasteiger partial charge in [-0.2, -0.15) is 0 Å². The average molecular weight is 352 g/mol. The summed E-state index contributed by atoms with van der Waals surface area (Å²) < 4.78 is 18.6. The Morgan fingerprint density at radius 2 is 1.88 bits per heavy atom. The van der Waals surface area contributed by atoms with Gasteiger partial charge in [0.2, 0.25) is 5.91 Å². The van der Waals surface area contributed by atoms with Crippen molar-refractivity contribution >= 4 is 16.9 Å². The molecule has 0 unspecified atom stereocenters. The Bertz CT molecular complexity index is 898. The largest absolute Gasteiger partial charge is 0.356 e. The molecular formula is C21H21FN2O2. The van der Waals surface area contributed by atoms with E-state index >= 15 is 0 Å². The number of fused-ring (bicyclic) bond motifs is 1. The van der Waals surface area contributed by atoms with E-state index in [0.717, 1.165) is 23.8 Å². The van der Waals surface area contributed by atoms with Crippen LogP contribution in [-0.2, 0) is 11.2 Å². The molecule has 1 heterocycles. The quantitative estimate of drug-likeness (QED) is 0.732. The van der Waals surface area contributed by atoms with E-state index in [0.29, 0.717) is 17.2 Å². The molecule has 0 spiro atoms. The maximum atomic E-state index is 13.3. The number of nitrogens with zero attached hydrogens (tertiary/aromatic N) is 1. The van der Waals surface area contributed by atoms with E-state index in [2.05, 4.69) is 10.5 Å². The Kier molecular flexibility index (Phi) is 4.69. The number of nitrogens with one attached hydrogen (secondary N) is 1. The topological polar surface area (TPSA) is 55.1 Å². The van der Waals surface area contributed by atoms with Crippen molar-refractivity contribution in [2.45, 2.75) is 38.1 Å². The van der Waals surface area contributed by atoms with Crippen LogP contribution < -0.4 is 5.32 Å². The Hall–Kier alpha value is -2.69. The van der Waals surface area contributed by atoms with Crippen LogP contribution in [0.1, 0.15) is 43.0 Å². The van der Waals surface area contributed by atoms with Crippen LogP contribution in [0.4, 0.5) is 4.39 Å². The minimum absolute atomic E-state index is 0.0923. The van der Waals surface area contributed by atoms with Crippen LogP contribution in [0.5, 0.6) is 0 Å². The number of amides is 1. The van der Waals surface area contributed by atoms with Crippen LogP contribution in [0, 0.1) is 11.7 Å². The number of para-hydroxylation sites is 1. The fourth-order valence-corrected chi connectivity index (χ4v) is 3.88. The van der Waals surface area contributed by atoms with E-state index in [1.54, 1.807) is 12.1 Å². The van der Waals surface area contributed by atoms with Gasteiger partial charge in [0.1, 0.15) is 11.5 Å². The molecular weight excluding hydrogens is 331 g/mol. The Labute approximate surface area is 151 Å². The number of benzene rings is 2. The molecule has 0 aliphatic heterocycles. The molecule has 0 saturated heterocycles. The van der Waals surface area contributed by atoms with Crippen LogP contribution in [0.2, 0.25) is 0 Å². The monoisotopic (exact) mass is 352 g/mol. The summed E-state index contributed by atoms with van der Waals surface area (Å²) in [5, 5.41) is 8.06. The van der Waals surface area contributed by atoms with Crippen LogP contribution in [0.3, 0.4) is 0 Å². The summed E-state index contributed by atoms with van der Waals surface area (Å²) >= 11 is 0. The Morgan fingerprint density at radius 1 is 1.15 bits per heavy atom. The summed E-state index contributed by atoms with van der Waals surface area (Å²) in [5.74, 6) is 0.0306. The van der Waals surface area contributed by atoms with Crippen LogP contribution in [0.25, 0.3) is 11.0 Å². The van der Waals surface area contributed by atoms with Crippen molar-refractivity contribution < 1.29 is 13.7 Å². The maximum Gasteiger partial charge on any atom is 0.226 e. The lowest BCUT2D eigenvalue weighted by molar-refractivity contribution is -0.121. The lowest BCUT2D eigenvalue weighted by Crippen LogP contribution is -2.33. The Balaban J connectivity index is 1.53. The predicted octanol–water partition coefficient (Wildman–Crippen LogP) is 4.56. The molecule has 0 radical (unpaired) electrons. The first-order valence-corrected chi connectivity index (χ1v) is 9.09. The second kappa shape index (κ2) is 7.28. The smallest absolute Gasteiger partial charge is 0.226 e. The molecule has 1 fully saturated rings. The molecule has 1 amide bonds. The molecule has 134 valence electrons. The average Bonchev–Trinajstić information content (AvgIpc) is 3.31. The minimum atomic E-state index is -0.265. The maximum absolute atomic E-state index is 13.3. The number of hydrogen-bond acceptors (Lipinski definition) is 3. The third kappa shape index (κ3) is 3.47. The SMILES string of the molecule is O=C(Cc1noc2ccccc12)N[C@H](c1ccc(F)cc1)C1CCCC1. The van der Waals surface area contributed by atoms with Crippen molar-refractivity contribution in [2.24, 2.45) is 5.92 Å². The molecule has 2 aromatic carbocycles. The zero-order chi connectivity index (χ0) is 17.9. The lowest BCUT2D eigenvalue weighted by Gasteiger charge is -2.25. The highest BCUT2D eigenvalue weighted by atomic mass is 19.1. The summed E-state index contributed by atoms with van der Waals surface area (Å²) in [6.45, 7) is 0. The van der Waals surface area contributed by atoms with E-state index in [1.165, 1.54) is 25.0 Å². The highest BCUT2D eigenvalue weighted by Gasteiger charge is 2.28. The first-order chi connectivity index (χ1) is 12.7. The highest BCUT2D eigenvalue weighted by molar-refractivity contribution is 5.86. The van der Waals surface area contributed by atoms with Crippen LogP contribution in [-0.4, -0.2) is 11.1 Å². The van der Waals surface area contributed by atoms with Gasteiger partial charge in [-0.3, -0.25) is 4.79 Å². The van der Waals surface area contributed by atoms with E-state index in [4.69, 9.17) is 4.52 Å². The van der Waals surface area contributed by atoms with Gasteiger partial charge in [0.05, 0.1) is 12.5 Å². The van der Waals surface area contributed by atoms with E-state index in [-0.39, 0.29) is 24.2 Å². The summed E-state index contributed by atoms with van der Waals surface area (Å²) in [7, 11) is 0. The van der Waals surface area contributed by atoms with Crippen molar-refractivity contribution in [3.05, 3.63) is 65.6 Å². The van der Waals surface area contributed by atoms with Crippen molar-refractivity contribution in [3.8, 4) is 0 Å². The third-order valence-electron chi connectivity index (χ3n) is 5.20. The zero-order valence-electron chi connectivity index (χ0n) is 14.5. The van der Waals surface area contributed by atoms with Gasteiger partial charge in [-0.05, 0) is 48.6 Å². The molecule has 1 aromatic heterocycles. The van der Waals surface area contributed by atoms with E-state index < -0.39 is 0 Å². The lowest BCUT2D eigenvalue weighted by atomic mass is 9.91. The fourth-order valence-electron chi connectivity index (χ4n) is 3.88. The van der Waals surface area contributed by atoms with Crippen molar-refractivity contribution in [1.29, 1.82) is 0 Å².